The van der Waals surface area contributed by atoms with Crippen molar-refractivity contribution in [1.82, 2.24) is 10.9 Å². The van der Waals surface area contributed by atoms with Crippen LogP contribution in [0.2, 0.25) is 0 Å². The number of nitrogens with one attached hydrogen (secondary N) is 2. The Kier molecular flexibility index (Phi) is 6.38. The van der Waals surface area contributed by atoms with Gasteiger partial charge in [0.2, 0.25) is 5.91 Å². The van der Waals surface area contributed by atoms with Crippen LogP contribution in [0.4, 0.5) is 0 Å². The molecule has 1 aliphatic rings. The molecule has 0 spiro atoms. The first-order valence-electron chi connectivity index (χ1n) is 8.40. The van der Waals surface area contributed by atoms with Crippen molar-refractivity contribution in [3.8, 4) is 5.75 Å². The number of carbonyl (C=O) groups is 3. The van der Waals surface area contributed by atoms with Gasteiger partial charge in [-0.05, 0) is 38.3 Å². The van der Waals surface area contributed by atoms with Gasteiger partial charge in [-0.25, -0.2) is 0 Å². The predicted molar refractivity (Wildman–Crippen MR) is 90.8 cm³/mol. The highest BCUT2D eigenvalue weighted by Gasteiger charge is 2.35. The lowest BCUT2D eigenvalue weighted by Gasteiger charge is -2.27. The van der Waals surface area contributed by atoms with Crippen LogP contribution in [0.5, 0.6) is 5.75 Å². The van der Waals surface area contributed by atoms with Gasteiger partial charge < -0.3 is 9.84 Å². The Morgan fingerprint density at radius 2 is 1.80 bits per heavy atom. The highest BCUT2D eigenvalue weighted by atomic mass is 16.5. The van der Waals surface area contributed by atoms with E-state index in [1.54, 1.807) is 6.07 Å². The van der Waals surface area contributed by atoms with E-state index in [1.807, 2.05) is 26.0 Å². The number of aryl methyl sites for hydroxylation is 2. The van der Waals surface area contributed by atoms with Gasteiger partial charge in [-0.3, -0.25) is 25.2 Å². The van der Waals surface area contributed by atoms with Crippen molar-refractivity contribution in [2.24, 2.45) is 11.8 Å². The van der Waals surface area contributed by atoms with Gasteiger partial charge in [0.25, 0.3) is 5.91 Å². The molecule has 0 heterocycles. The molecule has 0 bridgehead atoms. The molecule has 0 unspecified atom stereocenters. The molecule has 136 valence electrons. The number of amides is 2. The number of rotatable bonds is 5. The maximum atomic E-state index is 12.2. The van der Waals surface area contributed by atoms with Gasteiger partial charge in [0.1, 0.15) is 5.75 Å². The first kappa shape index (κ1) is 18.8. The molecule has 1 aromatic carbocycles. The summed E-state index contributed by atoms with van der Waals surface area (Å²) in [5.41, 5.74) is 6.62. The van der Waals surface area contributed by atoms with Crippen molar-refractivity contribution in [3.05, 3.63) is 29.3 Å². The molecule has 1 aromatic rings. The highest BCUT2D eigenvalue weighted by Crippen LogP contribution is 2.30. The van der Waals surface area contributed by atoms with Crippen LogP contribution in [0.3, 0.4) is 0 Å². The van der Waals surface area contributed by atoms with Crippen LogP contribution in [0.15, 0.2) is 18.2 Å². The maximum Gasteiger partial charge on any atom is 0.307 e. The van der Waals surface area contributed by atoms with Crippen molar-refractivity contribution in [2.75, 3.05) is 6.61 Å². The monoisotopic (exact) mass is 348 g/mol. The zero-order valence-electron chi connectivity index (χ0n) is 14.5. The molecule has 7 nitrogen and oxygen atoms in total. The Morgan fingerprint density at radius 3 is 2.44 bits per heavy atom. The minimum Gasteiger partial charge on any atom is -0.483 e. The van der Waals surface area contributed by atoms with E-state index in [0.29, 0.717) is 18.6 Å². The second-order valence-electron chi connectivity index (χ2n) is 6.43. The molecule has 1 fully saturated rings. The molecule has 2 rings (SSSR count). The molecule has 7 heteroatoms. The van der Waals surface area contributed by atoms with Crippen LogP contribution in [0, 0.1) is 25.7 Å². The fourth-order valence-corrected chi connectivity index (χ4v) is 3.10. The van der Waals surface area contributed by atoms with E-state index in [4.69, 9.17) is 4.74 Å². The number of carboxylic acid groups (broad SMARTS) is 1. The summed E-state index contributed by atoms with van der Waals surface area (Å²) >= 11 is 0. The molecule has 3 N–H and O–H groups in total. The molecule has 2 atom stereocenters. The number of ether oxygens (including phenoxy) is 1. The number of hydrogen-bond acceptors (Lipinski definition) is 4. The van der Waals surface area contributed by atoms with Gasteiger partial charge >= 0.3 is 5.97 Å². The van der Waals surface area contributed by atoms with Crippen LogP contribution in [-0.4, -0.2) is 29.5 Å². The molecular weight excluding hydrogens is 324 g/mol. The zero-order chi connectivity index (χ0) is 18.4. The lowest BCUT2D eigenvalue weighted by atomic mass is 9.79. The third-order valence-electron chi connectivity index (χ3n) is 4.43. The number of benzene rings is 1. The normalized spacial score (nSPS) is 19.8. The second-order valence-corrected chi connectivity index (χ2v) is 6.43. The molecule has 1 saturated carbocycles. The van der Waals surface area contributed by atoms with E-state index in [-0.39, 0.29) is 6.61 Å². The zero-order valence-corrected chi connectivity index (χ0v) is 14.5. The largest absolute Gasteiger partial charge is 0.483 e. The third kappa shape index (κ3) is 5.20. The smallest absolute Gasteiger partial charge is 0.307 e. The molecule has 0 saturated heterocycles. The van der Waals surface area contributed by atoms with E-state index >= 15 is 0 Å². The summed E-state index contributed by atoms with van der Waals surface area (Å²) in [6.07, 6.45) is 2.61. The van der Waals surface area contributed by atoms with Gasteiger partial charge in [0.05, 0.1) is 11.8 Å². The standard InChI is InChI=1S/C18H24N2O5/c1-11-7-8-15(12(2)9-11)25-10-16(21)19-20-17(22)13-5-3-4-6-14(13)18(23)24/h7-9,13-14H,3-6,10H2,1-2H3,(H,19,21)(H,20,22)(H,23,24)/t13-,14+/m1/s1. The molecule has 25 heavy (non-hydrogen) atoms. The van der Waals surface area contributed by atoms with E-state index in [2.05, 4.69) is 10.9 Å². The summed E-state index contributed by atoms with van der Waals surface area (Å²) in [5, 5.41) is 9.20. The topological polar surface area (TPSA) is 105 Å². The Morgan fingerprint density at radius 1 is 1.12 bits per heavy atom. The van der Waals surface area contributed by atoms with Crippen molar-refractivity contribution < 1.29 is 24.2 Å². The maximum absolute atomic E-state index is 12.2. The minimum absolute atomic E-state index is 0.239. The van der Waals surface area contributed by atoms with E-state index in [9.17, 15) is 19.5 Å². The van der Waals surface area contributed by atoms with Crippen molar-refractivity contribution in [3.63, 3.8) is 0 Å². The third-order valence-corrected chi connectivity index (χ3v) is 4.43. The van der Waals surface area contributed by atoms with Crippen LogP contribution >= 0.6 is 0 Å². The van der Waals surface area contributed by atoms with Gasteiger partial charge in [-0.2, -0.15) is 0 Å². The first-order valence-corrected chi connectivity index (χ1v) is 8.40. The Bertz CT molecular complexity index is 659. The van der Waals surface area contributed by atoms with Crippen LogP contribution in [-0.2, 0) is 14.4 Å². The highest BCUT2D eigenvalue weighted by molar-refractivity contribution is 5.87. The number of hydrazine groups is 1. The molecule has 0 aromatic heterocycles. The Hall–Kier alpha value is -2.57. The summed E-state index contributed by atoms with van der Waals surface area (Å²) in [5.74, 6) is -2.65. The second kappa shape index (κ2) is 8.50. The summed E-state index contributed by atoms with van der Waals surface area (Å²) in [7, 11) is 0. The number of hydrogen-bond donors (Lipinski definition) is 3. The summed E-state index contributed by atoms with van der Waals surface area (Å²) < 4.78 is 5.43. The fourth-order valence-electron chi connectivity index (χ4n) is 3.10. The van der Waals surface area contributed by atoms with Crippen molar-refractivity contribution in [2.45, 2.75) is 39.5 Å². The lowest BCUT2D eigenvalue weighted by Crippen LogP contribution is -2.49. The van der Waals surface area contributed by atoms with E-state index in [0.717, 1.165) is 24.0 Å². The Labute approximate surface area is 146 Å². The van der Waals surface area contributed by atoms with Crippen molar-refractivity contribution in [1.29, 1.82) is 0 Å². The van der Waals surface area contributed by atoms with E-state index in [1.165, 1.54) is 0 Å². The predicted octanol–water partition coefficient (Wildman–Crippen LogP) is 1.72. The van der Waals surface area contributed by atoms with Gasteiger partial charge in [0.15, 0.2) is 6.61 Å². The summed E-state index contributed by atoms with van der Waals surface area (Å²) in [6, 6.07) is 5.62. The van der Waals surface area contributed by atoms with Gasteiger partial charge in [-0.15, -0.1) is 0 Å². The number of aliphatic carboxylic acids is 1. The molecule has 0 radical (unpaired) electrons. The average Bonchev–Trinajstić information content (AvgIpc) is 2.58. The molecular formula is C18H24N2O5. The van der Waals surface area contributed by atoms with E-state index < -0.39 is 29.6 Å². The Balaban J connectivity index is 1.80. The lowest BCUT2D eigenvalue weighted by molar-refractivity contribution is -0.149. The molecule has 1 aliphatic carbocycles. The summed E-state index contributed by atoms with van der Waals surface area (Å²) in [4.78, 5) is 35.2. The average molecular weight is 348 g/mol. The van der Waals surface area contributed by atoms with Crippen LogP contribution in [0.1, 0.15) is 36.8 Å². The summed E-state index contributed by atoms with van der Waals surface area (Å²) in [6.45, 7) is 3.61. The van der Waals surface area contributed by atoms with Gasteiger partial charge in [0, 0.05) is 0 Å². The number of carbonyl (C=O) groups excluding carboxylic acids is 2. The number of carboxylic acids is 1. The van der Waals surface area contributed by atoms with Crippen LogP contribution < -0.4 is 15.6 Å². The van der Waals surface area contributed by atoms with Crippen molar-refractivity contribution >= 4 is 17.8 Å². The quantitative estimate of drug-likeness (QED) is 0.703. The molecule has 0 aliphatic heterocycles. The fraction of sp³-hybridized carbons (Fsp3) is 0.500. The minimum atomic E-state index is -0.968. The first-order chi connectivity index (χ1) is 11.9. The van der Waals surface area contributed by atoms with Gasteiger partial charge in [-0.1, -0.05) is 30.5 Å². The SMILES string of the molecule is Cc1ccc(OCC(=O)NNC(=O)[C@@H]2CCCC[C@@H]2C(=O)O)c(C)c1. The van der Waals surface area contributed by atoms with Crippen LogP contribution in [0.25, 0.3) is 0 Å². The molecule has 2 amide bonds.